The summed E-state index contributed by atoms with van der Waals surface area (Å²) >= 11 is 0. The Labute approximate surface area is 286 Å². The first kappa shape index (κ1) is 36.3. The summed E-state index contributed by atoms with van der Waals surface area (Å²) in [6.45, 7) is 15.7. The Balaban J connectivity index is 0.000000224. The van der Waals surface area contributed by atoms with Gasteiger partial charge in [-0.25, -0.2) is 9.59 Å². The van der Waals surface area contributed by atoms with E-state index in [1.54, 1.807) is 12.1 Å². The number of methoxy groups -OCH3 is 2. The number of ether oxygens (including phenoxy) is 4. The molecule has 2 atom stereocenters. The number of hydrogen-bond donors (Lipinski definition) is 0. The van der Waals surface area contributed by atoms with Crippen LogP contribution in [0.3, 0.4) is 0 Å². The molecule has 0 radical (unpaired) electrons. The first-order chi connectivity index (χ1) is 22.7. The van der Waals surface area contributed by atoms with E-state index in [1.807, 2.05) is 24.3 Å². The van der Waals surface area contributed by atoms with E-state index in [1.165, 1.54) is 48.5 Å². The molecular weight excluding hydrogens is 600 g/mol. The maximum atomic E-state index is 11.4. The molecule has 1 saturated carbocycles. The standard InChI is InChI=1S/C24H30O3.C18H20O3/c1-17-6-8-19(9-7-17)24(15-18(2)14-23(3,4)16-24)20-10-12-21(13-11-20)27-22(25)26-5;1-13-5-7-14(8-6-13)18(2,3)15-9-11-16(12-10-15)21-17(19)20-4/h6-13,18H,14-16H2,1-5H3;5-12H,1-4H3. The van der Waals surface area contributed by atoms with Crippen LogP contribution in [0.4, 0.5) is 9.59 Å². The molecule has 254 valence electrons. The molecule has 0 aromatic heterocycles. The lowest BCUT2D eigenvalue weighted by Crippen LogP contribution is -2.41. The van der Waals surface area contributed by atoms with Gasteiger partial charge in [-0.05, 0) is 91.0 Å². The lowest BCUT2D eigenvalue weighted by molar-refractivity contribution is 0.120. The SMILES string of the molecule is COC(=O)Oc1ccc(C(C)(C)c2ccc(C)cc2)cc1.COC(=O)Oc1ccc(C2(c3ccc(C)cc3)CC(C)CC(C)(C)C2)cc1. The number of benzene rings is 4. The Kier molecular flexibility index (Phi) is 11.4. The number of rotatable bonds is 6. The highest BCUT2D eigenvalue weighted by Crippen LogP contribution is 2.53. The summed E-state index contributed by atoms with van der Waals surface area (Å²) in [6.07, 6.45) is 2.06. The van der Waals surface area contributed by atoms with Gasteiger partial charge in [0.25, 0.3) is 0 Å². The highest BCUT2D eigenvalue weighted by Gasteiger charge is 2.45. The van der Waals surface area contributed by atoms with Crippen molar-refractivity contribution in [3.8, 4) is 11.5 Å². The zero-order chi connectivity index (χ0) is 35.1. The first-order valence-electron chi connectivity index (χ1n) is 16.5. The van der Waals surface area contributed by atoms with Crippen molar-refractivity contribution < 1.29 is 28.5 Å². The molecule has 0 amide bonds. The molecule has 1 fully saturated rings. The van der Waals surface area contributed by atoms with Gasteiger partial charge in [-0.3, -0.25) is 0 Å². The molecule has 4 aromatic carbocycles. The van der Waals surface area contributed by atoms with Crippen molar-refractivity contribution in [3.05, 3.63) is 130 Å². The van der Waals surface area contributed by atoms with Crippen molar-refractivity contribution in [2.45, 2.75) is 78.6 Å². The second kappa shape index (κ2) is 15.1. The molecule has 2 unspecified atom stereocenters. The summed E-state index contributed by atoms with van der Waals surface area (Å²) in [4.78, 5) is 22.4. The van der Waals surface area contributed by atoms with Crippen molar-refractivity contribution in [2.75, 3.05) is 14.2 Å². The van der Waals surface area contributed by atoms with Gasteiger partial charge in [-0.1, -0.05) is 119 Å². The van der Waals surface area contributed by atoms with E-state index in [4.69, 9.17) is 9.47 Å². The molecule has 0 N–H and O–H groups in total. The van der Waals surface area contributed by atoms with Gasteiger partial charge in [0.2, 0.25) is 0 Å². The summed E-state index contributed by atoms with van der Waals surface area (Å²) in [5.41, 5.74) is 7.70. The van der Waals surface area contributed by atoms with Crippen molar-refractivity contribution in [2.24, 2.45) is 11.3 Å². The minimum absolute atomic E-state index is 0.0291. The summed E-state index contributed by atoms with van der Waals surface area (Å²) in [6, 6.07) is 32.9. The minimum atomic E-state index is -0.708. The average Bonchev–Trinajstić information content (AvgIpc) is 3.05. The molecule has 0 saturated heterocycles. The predicted octanol–water partition coefficient (Wildman–Crippen LogP) is 10.7. The summed E-state index contributed by atoms with van der Waals surface area (Å²) in [7, 11) is 2.60. The topological polar surface area (TPSA) is 71.1 Å². The molecule has 0 heterocycles. The van der Waals surface area contributed by atoms with E-state index in [0.717, 1.165) is 18.4 Å². The van der Waals surface area contributed by atoms with Crippen molar-refractivity contribution >= 4 is 12.3 Å². The first-order valence-corrected chi connectivity index (χ1v) is 16.5. The van der Waals surface area contributed by atoms with Crippen LogP contribution in [-0.4, -0.2) is 26.5 Å². The number of carbonyl (C=O) groups is 2. The Morgan fingerprint density at radius 2 is 1.00 bits per heavy atom. The highest BCUT2D eigenvalue weighted by atomic mass is 16.7. The van der Waals surface area contributed by atoms with E-state index >= 15 is 0 Å². The summed E-state index contributed by atoms with van der Waals surface area (Å²) in [5.74, 6) is 1.62. The molecule has 5 rings (SSSR count). The zero-order valence-corrected chi connectivity index (χ0v) is 29.9. The van der Waals surface area contributed by atoms with Crippen LogP contribution in [0.15, 0.2) is 97.1 Å². The third-order valence-corrected chi connectivity index (χ3v) is 9.47. The fraction of sp³-hybridized carbons (Fsp3) is 0.381. The Bertz CT molecular complexity index is 1650. The largest absolute Gasteiger partial charge is 0.513 e. The Hall–Kier alpha value is -4.58. The molecule has 1 aliphatic rings. The second-order valence-electron chi connectivity index (χ2n) is 14.5. The third kappa shape index (κ3) is 8.85. The van der Waals surface area contributed by atoms with Crippen LogP contribution in [0.5, 0.6) is 11.5 Å². The normalized spacial score (nSPS) is 18.5. The summed E-state index contributed by atoms with van der Waals surface area (Å²) in [5, 5.41) is 0. The Morgan fingerprint density at radius 3 is 1.42 bits per heavy atom. The van der Waals surface area contributed by atoms with E-state index < -0.39 is 12.3 Å². The van der Waals surface area contributed by atoms with Crippen LogP contribution in [0, 0.1) is 25.2 Å². The van der Waals surface area contributed by atoms with E-state index in [2.05, 4.69) is 119 Å². The van der Waals surface area contributed by atoms with Crippen LogP contribution < -0.4 is 9.47 Å². The lowest BCUT2D eigenvalue weighted by Gasteiger charge is -2.48. The second-order valence-corrected chi connectivity index (χ2v) is 14.5. The maximum Gasteiger partial charge on any atom is 0.513 e. The molecule has 4 aromatic rings. The zero-order valence-electron chi connectivity index (χ0n) is 29.9. The smallest absolute Gasteiger partial charge is 0.437 e. The van der Waals surface area contributed by atoms with Gasteiger partial charge < -0.3 is 18.9 Å². The van der Waals surface area contributed by atoms with Gasteiger partial charge in [-0.15, -0.1) is 0 Å². The van der Waals surface area contributed by atoms with Crippen LogP contribution in [0.25, 0.3) is 0 Å². The Morgan fingerprint density at radius 1 is 0.625 bits per heavy atom. The van der Waals surface area contributed by atoms with Gasteiger partial charge in [0, 0.05) is 10.8 Å². The number of aryl methyl sites for hydroxylation is 2. The van der Waals surface area contributed by atoms with E-state index in [9.17, 15) is 9.59 Å². The van der Waals surface area contributed by atoms with Gasteiger partial charge in [0.15, 0.2) is 0 Å². The number of carbonyl (C=O) groups excluding carboxylic acids is 2. The molecule has 0 bridgehead atoms. The molecular formula is C42H50O6. The van der Waals surface area contributed by atoms with Crippen molar-refractivity contribution in [1.29, 1.82) is 0 Å². The monoisotopic (exact) mass is 650 g/mol. The minimum Gasteiger partial charge on any atom is -0.437 e. The molecule has 6 heteroatoms. The fourth-order valence-corrected chi connectivity index (χ4v) is 7.25. The molecule has 0 aliphatic heterocycles. The molecule has 6 nitrogen and oxygen atoms in total. The van der Waals surface area contributed by atoms with Crippen LogP contribution in [0.2, 0.25) is 0 Å². The van der Waals surface area contributed by atoms with Gasteiger partial charge in [0.05, 0.1) is 14.2 Å². The van der Waals surface area contributed by atoms with Gasteiger partial charge in [0.1, 0.15) is 11.5 Å². The molecule has 0 spiro atoms. The van der Waals surface area contributed by atoms with E-state index in [0.29, 0.717) is 17.4 Å². The molecule has 48 heavy (non-hydrogen) atoms. The average molecular weight is 651 g/mol. The van der Waals surface area contributed by atoms with Crippen molar-refractivity contribution in [3.63, 3.8) is 0 Å². The van der Waals surface area contributed by atoms with Crippen LogP contribution in [0.1, 0.15) is 87.3 Å². The summed E-state index contributed by atoms with van der Waals surface area (Å²) < 4.78 is 19.2. The highest BCUT2D eigenvalue weighted by molar-refractivity contribution is 5.64. The fourth-order valence-electron chi connectivity index (χ4n) is 7.25. The number of hydrogen-bond acceptors (Lipinski definition) is 6. The van der Waals surface area contributed by atoms with Crippen molar-refractivity contribution in [1.82, 2.24) is 0 Å². The van der Waals surface area contributed by atoms with E-state index in [-0.39, 0.29) is 16.2 Å². The third-order valence-electron chi connectivity index (χ3n) is 9.47. The lowest BCUT2D eigenvalue weighted by atomic mass is 9.55. The maximum absolute atomic E-state index is 11.4. The van der Waals surface area contributed by atoms with Gasteiger partial charge >= 0.3 is 12.3 Å². The quantitative estimate of drug-likeness (QED) is 0.153. The predicted molar refractivity (Wildman–Crippen MR) is 191 cm³/mol. The van der Waals surface area contributed by atoms with Crippen LogP contribution >= 0.6 is 0 Å². The van der Waals surface area contributed by atoms with Crippen LogP contribution in [-0.2, 0) is 20.3 Å². The molecule has 1 aliphatic carbocycles. The van der Waals surface area contributed by atoms with Gasteiger partial charge in [-0.2, -0.15) is 0 Å².